The third-order valence-electron chi connectivity index (χ3n) is 2.88. The first-order valence-corrected chi connectivity index (χ1v) is 6.06. The summed E-state index contributed by atoms with van der Waals surface area (Å²) in [6.45, 7) is 4.87. The van der Waals surface area contributed by atoms with Crippen LogP contribution in [0.4, 0.5) is 0 Å². The number of rotatable bonds is 3. The molecular weight excluding hydrogens is 202 g/mol. The van der Waals surface area contributed by atoms with Crippen molar-refractivity contribution in [1.82, 2.24) is 8.61 Å². The molecule has 5 nitrogen and oxygen atoms in total. The van der Waals surface area contributed by atoms with Gasteiger partial charge < -0.3 is 5.73 Å². The van der Waals surface area contributed by atoms with Crippen LogP contribution in [0.1, 0.15) is 13.8 Å². The lowest BCUT2D eigenvalue weighted by Crippen LogP contribution is -2.72. The zero-order chi connectivity index (χ0) is 11.1. The van der Waals surface area contributed by atoms with Crippen LogP contribution in [0.3, 0.4) is 0 Å². The third-order valence-corrected chi connectivity index (χ3v) is 4.71. The van der Waals surface area contributed by atoms with E-state index < -0.39 is 10.2 Å². The monoisotopic (exact) mass is 221 g/mol. The summed E-state index contributed by atoms with van der Waals surface area (Å²) in [5, 5.41) is 0. The molecule has 0 amide bonds. The van der Waals surface area contributed by atoms with E-state index in [0.717, 1.165) is 0 Å². The van der Waals surface area contributed by atoms with Crippen molar-refractivity contribution < 1.29 is 8.42 Å². The average Bonchev–Trinajstić information content (AvgIpc) is 1.97. The highest BCUT2D eigenvalue weighted by atomic mass is 32.2. The molecule has 14 heavy (non-hydrogen) atoms. The van der Waals surface area contributed by atoms with Gasteiger partial charge >= 0.3 is 0 Å². The lowest BCUT2D eigenvalue weighted by molar-refractivity contribution is 0.105. The molecule has 84 valence electrons. The van der Waals surface area contributed by atoms with E-state index in [-0.39, 0.29) is 5.54 Å². The molecule has 0 radical (unpaired) electrons. The predicted octanol–water partition coefficient (Wildman–Crippen LogP) is -0.538. The van der Waals surface area contributed by atoms with Crippen molar-refractivity contribution in [2.45, 2.75) is 19.4 Å². The molecule has 0 aliphatic carbocycles. The fourth-order valence-corrected chi connectivity index (χ4v) is 2.64. The quantitative estimate of drug-likeness (QED) is 0.696. The molecule has 1 fully saturated rings. The minimum atomic E-state index is -3.26. The summed E-state index contributed by atoms with van der Waals surface area (Å²) in [5.41, 5.74) is 5.66. The van der Waals surface area contributed by atoms with Crippen LogP contribution in [0.15, 0.2) is 0 Å². The molecule has 0 bridgehead atoms. The maximum absolute atomic E-state index is 11.6. The van der Waals surface area contributed by atoms with Crippen LogP contribution in [-0.4, -0.2) is 49.8 Å². The van der Waals surface area contributed by atoms with Crippen LogP contribution in [0.5, 0.6) is 0 Å². The number of nitrogens with zero attached hydrogens (tertiary/aromatic N) is 2. The van der Waals surface area contributed by atoms with Gasteiger partial charge in [0, 0.05) is 32.7 Å². The Kier molecular flexibility index (Phi) is 2.93. The van der Waals surface area contributed by atoms with Crippen LogP contribution < -0.4 is 5.73 Å². The Labute approximate surface area is 86.0 Å². The van der Waals surface area contributed by atoms with Crippen molar-refractivity contribution in [2.75, 3.05) is 27.2 Å². The number of nitrogens with two attached hydrogens (primary N) is 1. The molecule has 1 rings (SSSR count). The third kappa shape index (κ3) is 1.79. The van der Waals surface area contributed by atoms with Gasteiger partial charge in [0.15, 0.2) is 0 Å². The zero-order valence-electron chi connectivity index (χ0n) is 9.19. The first kappa shape index (κ1) is 11.9. The summed E-state index contributed by atoms with van der Waals surface area (Å²) < 4.78 is 25.9. The highest BCUT2D eigenvalue weighted by molar-refractivity contribution is 7.86. The van der Waals surface area contributed by atoms with Crippen LogP contribution >= 0.6 is 0 Å². The van der Waals surface area contributed by atoms with Gasteiger partial charge in [-0.2, -0.15) is 17.0 Å². The Bertz CT molecular complexity index is 305. The SMILES string of the molecule is CC(C)C1(N)CN(S(=O)(=O)N(C)C)C1. The van der Waals surface area contributed by atoms with Gasteiger partial charge in [0.25, 0.3) is 10.2 Å². The topological polar surface area (TPSA) is 66.6 Å². The molecule has 1 saturated heterocycles. The average molecular weight is 221 g/mol. The molecule has 0 saturated carbocycles. The highest BCUT2D eigenvalue weighted by Gasteiger charge is 2.47. The first-order valence-electron chi connectivity index (χ1n) is 4.66. The van der Waals surface area contributed by atoms with E-state index in [2.05, 4.69) is 0 Å². The smallest absolute Gasteiger partial charge is 0.281 e. The van der Waals surface area contributed by atoms with Gasteiger partial charge in [0.2, 0.25) is 0 Å². The van der Waals surface area contributed by atoms with Crippen molar-refractivity contribution in [3.8, 4) is 0 Å². The second-order valence-corrected chi connectivity index (χ2v) is 6.59. The fraction of sp³-hybridized carbons (Fsp3) is 1.00. The molecule has 0 aromatic carbocycles. The van der Waals surface area contributed by atoms with E-state index in [4.69, 9.17) is 5.73 Å². The van der Waals surface area contributed by atoms with Crippen molar-refractivity contribution >= 4 is 10.2 Å². The summed E-state index contributed by atoms with van der Waals surface area (Å²) in [6, 6.07) is 0. The van der Waals surface area contributed by atoms with Crippen LogP contribution in [0, 0.1) is 5.92 Å². The zero-order valence-corrected chi connectivity index (χ0v) is 10.0. The van der Waals surface area contributed by atoms with E-state index in [0.29, 0.717) is 19.0 Å². The van der Waals surface area contributed by atoms with Gasteiger partial charge in [-0.15, -0.1) is 0 Å². The summed E-state index contributed by atoms with van der Waals surface area (Å²) in [6.07, 6.45) is 0. The molecule has 1 aliphatic heterocycles. The summed E-state index contributed by atoms with van der Waals surface area (Å²) in [5.74, 6) is 0.302. The van der Waals surface area contributed by atoms with Crippen molar-refractivity contribution in [1.29, 1.82) is 0 Å². The fourth-order valence-electron chi connectivity index (χ4n) is 1.37. The largest absolute Gasteiger partial charge is 0.323 e. The predicted molar refractivity (Wildman–Crippen MR) is 55.9 cm³/mol. The lowest BCUT2D eigenvalue weighted by atomic mass is 9.82. The Balaban J connectivity index is 2.66. The second kappa shape index (κ2) is 3.44. The summed E-state index contributed by atoms with van der Waals surface area (Å²) in [4.78, 5) is 0. The molecule has 0 atom stereocenters. The van der Waals surface area contributed by atoms with Crippen LogP contribution in [0.2, 0.25) is 0 Å². The maximum Gasteiger partial charge on any atom is 0.281 e. The van der Waals surface area contributed by atoms with Gasteiger partial charge in [-0.1, -0.05) is 13.8 Å². The van der Waals surface area contributed by atoms with Gasteiger partial charge in [0.05, 0.1) is 0 Å². The molecule has 0 aromatic rings. The molecule has 0 aromatic heterocycles. The van der Waals surface area contributed by atoms with Crippen molar-refractivity contribution in [3.05, 3.63) is 0 Å². The van der Waals surface area contributed by atoms with Crippen molar-refractivity contribution in [3.63, 3.8) is 0 Å². The van der Waals surface area contributed by atoms with E-state index in [1.54, 1.807) is 0 Å². The Morgan fingerprint density at radius 3 is 2.07 bits per heavy atom. The molecular formula is C8H19N3O2S. The van der Waals surface area contributed by atoms with Gasteiger partial charge in [-0.05, 0) is 5.92 Å². The standard InChI is InChI=1S/C8H19N3O2S/c1-7(2)8(9)5-11(6-8)14(12,13)10(3)4/h7H,5-6,9H2,1-4H3. The Morgan fingerprint density at radius 2 is 1.79 bits per heavy atom. The molecule has 2 N–H and O–H groups in total. The number of hydrogen-bond acceptors (Lipinski definition) is 3. The van der Waals surface area contributed by atoms with E-state index in [1.165, 1.54) is 22.7 Å². The minimum Gasteiger partial charge on any atom is -0.323 e. The second-order valence-electron chi connectivity index (χ2n) is 4.45. The van der Waals surface area contributed by atoms with E-state index >= 15 is 0 Å². The summed E-state index contributed by atoms with van der Waals surface area (Å²) >= 11 is 0. The van der Waals surface area contributed by atoms with E-state index in [1.807, 2.05) is 13.8 Å². The number of hydrogen-bond donors (Lipinski definition) is 1. The molecule has 0 spiro atoms. The van der Waals surface area contributed by atoms with Crippen LogP contribution in [-0.2, 0) is 10.2 Å². The maximum atomic E-state index is 11.6. The normalized spacial score (nSPS) is 22.8. The lowest BCUT2D eigenvalue weighted by Gasteiger charge is -2.49. The van der Waals surface area contributed by atoms with Gasteiger partial charge in [0.1, 0.15) is 0 Å². The molecule has 1 heterocycles. The van der Waals surface area contributed by atoms with Gasteiger partial charge in [-0.3, -0.25) is 0 Å². The molecule has 1 aliphatic rings. The van der Waals surface area contributed by atoms with Crippen LogP contribution in [0.25, 0.3) is 0 Å². The Hall–Kier alpha value is -0.170. The highest BCUT2D eigenvalue weighted by Crippen LogP contribution is 2.28. The minimum absolute atomic E-state index is 0.302. The van der Waals surface area contributed by atoms with Gasteiger partial charge in [-0.25, -0.2) is 0 Å². The first-order chi connectivity index (χ1) is 6.20. The molecule has 6 heteroatoms. The summed E-state index contributed by atoms with van der Waals surface area (Å²) in [7, 11) is -0.200. The van der Waals surface area contributed by atoms with E-state index in [9.17, 15) is 8.42 Å². The van der Waals surface area contributed by atoms with Crippen molar-refractivity contribution in [2.24, 2.45) is 11.7 Å². The molecule has 0 unspecified atom stereocenters. The Morgan fingerprint density at radius 1 is 1.36 bits per heavy atom.